The van der Waals surface area contributed by atoms with E-state index in [1.807, 2.05) is 0 Å². The molecule has 0 rings (SSSR count). The molecular formula is C7H12O10S2. The fourth-order valence-corrected chi connectivity index (χ4v) is 1.33. The SMILES string of the molecule is O=C(CC(=O)OCCS(=O)(=O)O)OCCS(=O)(=O)O. The van der Waals surface area contributed by atoms with Crippen LogP contribution in [0.4, 0.5) is 0 Å². The van der Waals surface area contributed by atoms with E-state index in [0.717, 1.165) is 0 Å². The predicted molar refractivity (Wildman–Crippen MR) is 59.4 cm³/mol. The fraction of sp³-hybridized carbons (Fsp3) is 0.714. The second-order valence-corrected chi connectivity index (χ2v) is 6.33. The second-order valence-electron chi connectivity index (χ2n) is 3.19. The van der Waals surface area contributed by atoms with E-state index < -0.39 is 63.3 Å². The van der Waals surface area contributed by atoms with E-state index in [1.54, 1.807) is 0 Å². The maximum Gasteiger partial charge on any atom is 0.317 e. The molecule has 0 aliphatic carbocycles. The van der Waals surface area contributed by atoms with Gasteiger partial charge in [-0.05, 0) is 0 Å². The molecule has 0 aromatic rings. The van der Waals surface area contributed by atoms with Crippen molar-refractivity contribution in [1.29, 1.82) is 0 Å². The molecule has 0 aromatic heterocycles. The summed E-state index contributed by atoms with van der Waals surface area (Å²) in [5, 5.41) is 0. The number of carbonyl (C=O) groups excluding carboxylic acids is 2. The van der Waals surface area contributed by atoms with Gasteiger partial charge in [0.05, 0.1) is 0 Å². The van der Waals surface area contributed by atoms with Crippen molar-refractivity contribution in [2.24, 2.45) is 0 Å². The summed E-state index contributed by atoms with van der Waals surface area (Å²) in [6, 6.07) is 0. The van der Waals surface area contributed by atoms with E-state index in [0.29, 0.717) is 0 Å². The Morgan fingerprint density at radius 1 is 0.789 bits per heavy atom. The molecule has 0 spiro atoms. The topological polar surface area (TPSA) is 161 Å². The quantitative estimate of drug-likeness (QED) is 0.297. The zero-order valence-electron chi connectivity index (χ0n) is 9.51. The molecule has 19 heavy (non-hydrogen) atoms. The number of ether oxygens (including phenoxy) is 2. The van der Waals surface area contributed by atoms with Crippen LogP contribution in [0.2, 0.25) is 0 Å². The molecule has 0 fully saturated rings. The van der Waals surface area contributed by atoms with Crippen LogP contribution in [-0.4, -0.2) is 62.6 Å². The zero-order valence-corrected chi connectivity index (χ0v) is 11.1. The highest BCUT2D eigenvalue weighted by atomic mass is 32.2. The van der Waals surface area contributed by atoms with Gasteiger partial charge in [0.2, 0.25) is 0 Å². The average molecular weight is 320 g/mol. The zero-order chi connectivity index (χ0) is 15.1. The molecule has 0 bridgehead atoms. The van der Waals surface area contributed by atoms with E-state index >= 15 is 0 Å². The van der Waals surface area contributed by atoms with Gasteiger partial charge in [-0.1, -0.05) is 0 Å². The Balaban J connectivity index is 3.85. The summed E-state index contributed by atoms with van der Waals surface area (Å²) in [7, 11) is -8.53. The molecule has 0 aliphatic heterocycles. The van der Waals surface area contributed by atoms with Gasteiger partial charge in [-0.15, -0.1) is 0 Å². The van der Waals surface area contributed by atoms with Crippen LogP contribution in [0.15, 0.2) is 0 Å². The molecule has 0 atom stereocenters. The van der Waals surface area contributed by atoms with E-state index in [4.69, 9.17) is 9.11 Å². The number of hydrogen-bond acceptors (Lipinski definition) is 8. The Morgan fingerprint density at radius 3 is 1.37 bits per heavy atom. The highest BCUT2D eigenvalue weighted by molar-refractivity contribution is 7.86. The van der Waals surface area contributed by atoms with Gasteiger partial charge in [0.15, 0.2) is 0 Å². The Hall–Kier alpha value is -1.24. The molecule has 0 amide bonds. The highest BCUT2D eigenvalue weighted by Gasteiger charge is 2.14. The summed E-state index contributed by atoms with van der Waals surface area (Å²) in [6.07, 6.45) is -0.850. The highest BCUT2D eigenvalue weighted by Crippen LogP contribution is 1.93. The first kappa shape index (κ1) is 17.8. The van der Waals surface area contributed by atoms with Crippen LogP contribution in [0, 0.1) is 0 Å². The second kappa shape index (κ2) is 7.37. The first-order chi connectivity index (χ1) is 8.49. The molecule has 0 aromatic carbocycles. The molecule has 10 nitrogen and oxygen atoms in total. The maximum absolute atomic E-state index is 10.9. The van der Waals surface area contributed by atoms with Crippen LogP contribution in [-0.2, 0) is 39.3 Å². The van der Waals surface area contributed by atoms with E-state index in [-0.39, 0.29) is 0 Å². The van der Waals surface area contributed by atoms with Crippen LogP contribution < -0.4 is 0 Å². The molecule has 0 heterocycles. The lowest BCUT2D eigenvalue weighted by Crippen LogP contribution is -2.20. The average Bonchev–Trinajstić information content (AvgIpc) is 2.12. The lowest BCUT2D eigenvalue weighted by molar-refractivity contribution is -0.153. The molecular weight excluding hydrogens is 308 g/mol. The van der Waals surface area contributed by atoms with E-state index in [2.05, 4.69) is 9.47 Å². The van der Waals surface area contributed by atoms with Crippen molar-refractivity contribution in [2.45, 2.75) is 6.42 Å². The van der Waals surface area contributed by atoms with Crippen molar-refractivity contribution < 1.29 is 45.0 Å². The summed E-state index contributed by atoms with van der Waals surface area (Å²) in [4.78, 5) is 21.9. The molecule has 2 N–H and O–H groups in total. The van der Waals surface area contributed by atoms with Crippen molar-refractivity contribution in [3.05, 3.63) is 0 Å². The summed E-state index contributed by atoms with van der Waals surface area (Å²) >= 11 is 0. The van der Waals surface area contributed by atoms with Gasteiger partial charge in [0, 0.05) is 0 Å². The van der Waals surface area contributed by atoms with Crippen LogP contribution >= 0.6 is 0 Å². The first-order valence-electron chi connectivity index (χ1n) is 4.71. The van der Waals surface area contributed by atoms with Crippen molar-refractivity contribution in [3.63, 3.8) is 0 Å². The largest absolute Gasteiger partial charge is 0.464 e. The minimum atomic E-state index is -4.27. The third-order valence-electron chi connectivity index (χ3n) is 1.50. The summed E-state index contributed by atoms with van der Waals surface area (Å²) in [5.41, 5.74) is 0. The van der Waals surface area contributed by atoms with Gasteiger partial charge >= 0.3 is 11.9 Å². The normalized spacial score (nSPS) is 11.9. The number of rotatable bonds is 8. The standard InChI is InChI=1S/C7H12O10S2/c8-6(16-1-3-18(10,11)12)5-7(9)17-2-4-19(13,14)15/h1-5H2,(H,10,11,12)(H,13,14,15). The Kier molecular flexibility index (Phi) is 6.89. The van der Waals surface area contributed by atoms with Crippen LogP contribution in [0.25, 0.3) is 0 Å². The third kappa shape index (κ3) is 13.0. The lowest BCUT2D eigenvalue weighted by atomic mass is 10.4. The van der Waals surface area contributed by atoms with Gasteiger partial charge < -0.3 is 9.47 Å². The summed E-state index contributed by atoms with van der Waals surface area (Å²) < 4.78 is 66.3. The number of carbonyl (C=O) groups is 2. The molecule has 12 heteroatoms. The fourth-order valence-electron chi connectivity index (χ4n) is 0.742. The van der Waals surface area contributed by atoms with E-state index in [1.165, 1.54) is 0 Å². The molecule has 0 radical (unpaired) electrons. The van der Waals surface area contributed by atoms with Crippen molar-refractivity contribution >= 4 is 32.2 Å². The van der Waals surface area contributed by atoms with Gasteiger partial charge in [0.25, 0.3) is 20.2 Å². The first-order valence-corrected chi connectivity index (χ1v) is 7.93. The van der Waals surface area contributed by atoms with Gasteiger partial charge in [-0.3, -0.25) is 18.7 Å². The number of esters is 2. The minimum Gasteiger partial charge on any atom is -0.464 e. The molecule has 0 unspecified atom stereocenters. The molecule has 0 saturated carbocycles. The van der Waals surface area contributed by atoms with Gasteiger partial charge in [-0.25, -0.2) is 0 Å². The molecule has 112 valence electrons. The van der Waals surface area contributed by atoms with Crippen LogP contribution in [0.5, 0.6) is 0 Å². The third-order valence-corrected chi connectivity index (χ3v) is 2.86. The number of hydrogen-bond donors (Lipinski definition) is 2. The molecule has 0 aliphatic rings. The van der Waals surface area contributed by atoms with Crippen molar-refractivity contribution in [1.82, 2.24) is 0 Å². The van der Waals surface area contributed by atoms with Crippen LogP contribution in [0.3, 0.4) is 0 Å². The lowest BCUT2D eigenvalue weighted by Gasteiger charge is -2.04. The maximum atomic E-state index is 10.9. The summed E-state index contributed by atoms with van der Waals surface area (Å²) in [6.45, 7) is -1.26. The minimum absolute atomic E-state index is 0.629. The van der Waals surface area contributed by atoms with Crippen molar-refractivity contribution in [3.8, 4) is 0 Å². The van der Waals surface area contributed by atoms with Gasteiger partial charge in [-0.2, -0.15) is 16.8 Å². The van der Waals surface area contributed by atoms with Gasteiger partial charge in [0.1, 0.15) is 31.1 Å². The monoisotopic (exact) mass is 320 g/mol. The smallest absolute Gasteiger partial charge is 0.317 e. The molecule has 0 saturated heterocycles. The predicted octanol–water partition coefficient (Wildman–Crippen LogP) is -1.76. The Labute approximate surface area is 109 Å². The summed E-state index contributed by atoms with van der Waals surface area (Å²) in [5.74, 6) is -3.81. The van der Waals surface area contributed by atoms with E-state index in [9.17, 15) is 26.4 Å². The van der Waals surface area contributed by atoms with Crippen molar-refractivity contribution in [2.75, 3.05) is 24.7 Å². The Morgan fingerprint density at radius 2 is 1.11 bits per heavy atom. The Bertz CT molecular complexity index is 468. The van der Waals surface area contributed by atoms with Crippen LogP contribution in [0.1, 0.15) is 6.42 Å².